The molecule has 0 spiro atoms. The molecule has 0 aliphatic heterocycles. The van der Waals surface area contributed by atoms with Gasteiger partial charge in [0.1, 0.15) is 11.9 Å². The summed E-state index contributed by atoms with van der Waals surface area (Å²) in [6, 6.07) is 25.3. The van der Waals surface area contributed by atoms with Crippen LogP contribution in [0.25, 0.3) is 0 Å². The average Bonchev–Trinajstić information content (AvgIpc) is 2.83. The van der Waals surface area contributed by atoms with Crippen LogP contribution in [0.3, 0.4) is 0 Å². The predicted octanol–water partition coefficient (Wildman–Crippen LogP) is 5.22. The number of benzene rings is 3. The maximum absolute atomic E-state index is 14.0. The number of hydrogen-bond donors (Lipinski definition) is 1. The van der Waals surface area contributed by atoms with E-state index in [2.05, 4.69) is 5.32 Å². The fourth-order valence-corrected chi connectivity index (χ4v) is 4.56. The zero-order chi connectivity index (χ0) is 24.3. The standard InChI is InChI=1S/C28H31FN2O2S/c1-21(2)30-28(33)26(17-22-11-5-3-6-12-22)31(18-23-13-7-4-8-14-23)27(32)20-34-19-24-15-9-10-16-25(24)29/h3-16,21,26H,17-20H2,1-2H3,(H,30,33)/t26-/m0/s1. The van der Waals surface area contributed by atoms with Gasteiger partial charge in [0.15, 0.2) is 0 Å². The summed E-state index contributed by atoms with van der Waals surface area (Å²) in [6.45, 7) is 4.14. The number of nitrogens with one attached hydrogen (secondary N) is 1. The molecule has 0 unspecified atom stereocenters. The Morgan fingerprint density at radius 2 is 1.47 bits per heavy atom. The first kappa shape index (κ1) is 25.5. The van der Waals surface area contributed by atoms with Crippen LogP contribution in [0.15, 0.2) is 84.9 Å². The Morgan fingerprint density at radius 1 is 0.882 bits per heavy atom. The van der Waals surface area contributed by atoms with Gasteiger partial charge in [-0.3, -0.25) is 9.59 Å². The monoisotopic (exact) mass is 478 g/mol. The predicted molar refractivity (Wildman–Crippen MR) is 137 cm³/mol. The number of hydrogen-bond acceptors (Lipinski definition) is 3. The number of rotatable bonds is 11. The van der Waals surface area contributed by atoms with E-state index in [0.29, 0.717) is 24.3 Å². The minimum absolute atomic E-state index is 0.0464. The number of thioether (sulfide) groups is 1. The van der Waals surface area contributed by atoms with Crippen molar-refractivity contribution < 1.29 is 14.0 Å². The van der Waals surface area contributed by atoms with Gasteiger partial charge in [-0.15, -0.1) is 11.8 Å². The summed E-state index contributed by atoms with van der Waals surface area (Å²) in [5.41, 5.74) is 2.50. The highest BCUT2D eigenvalue weighted by Gasteiger charge is 2.30. The molecule has 0 saturated carbocycles. The molecule has 3 aromatic carbocycles. The minimum Gasteiger partial charge on any atom is -0.352 e. The molecule has 1 atom stereocenters. The zero-order valence-electron chi connectivity index (χ0n) is 19.6. The average molecular weight is 479 g/mol. The molecule has 0 aliphatic rings. The van der Waals surface area contributed by atoms with Crippen LogP contribution in [0.4, 0.5) is 4.39 Å². The summed E-state index contributed by atoms with van der Waals surface area (Å²) >= 11 is 1.35. The minimum atomic E-state index is -0.661. The van der Waals surface area contributed by atoms with E-state index in [1.165, 1.54) is 17.8 Å². The van der Waals surface area contributed by atoms with Gasteiger partial charge in [-0.05, 0) is 36.6 Å². The Balaban J connectivity index is 1.83. The number of amides is 2. The SMILES string of the molecule is CC(C)NC(=O)[C@H](Cc1ccccc1)N(Cc1ccccc1)C(=O)CSCc1ccccc1F. The van der Waals surface area contributed by atoms with Gasteiger partial charge in [0, 0.05) is 24.8 Å². The molecule has 0 radical (unpaired) electrons. The van der Waals surface area contributed by atoms with E-state index in [1.807, 2.05) is 74.5 Å². The molecule has 2 amide bonds. The van der Waals surface area contributed by atoms with Crippen LogP contribution in [-0.2, 0) is 28.3 Å². The highest BCUT2D eigenvalue weighted by Crippen LogP contribution is 2.19. The van der Waals surface area contributed by atoms with Crippen LogP contribution in [-0.4, -0.2) is 34.6 Å². The fraction of sp³-hybridized carbons (Fsp3) is 0.286. The lowest BCUT2D eigenvalue weighted by Gasteiger charge is -2.32. The lowest BCUT2D eigenvalue weighted by atomic mass is 10.0. The van der Waals surface area contributed by atoms with Crippen molar-refractivity contribution in [2.24, 2.45) is 0 Å². The smallest absolute Gasteiger partial charge is 0.243 e. The van der Waals surface area contributed by atoms with E-state index in [9.17, 15) is 14.0 Å². The van der Waals surface area contributed by atoms with E-state index < -0.39 is 6.04 Å². The van der Waals surface area contributed by atoms with Crippen molar-refractivity contribution >= 4 is 23.6 Å². The van der Waals surface area contributed by atoms with Gasteiger partial charge >= 0.3 is 0 Å². The Hall–Kier alpha value is -3.12. The summed E-state index contributed by atoms with van der Waals surface area (Å²) in [6.07, 6.45) is 0.413. The lowest BCUT2D eigenvalue weighted by molar-refractivity contribution is -0.139. The summed E-state index contributed by atoms with van der Waals surface area (Å²) in [5, 5.41) is 2.98. The molecule has 4 nitrogen and oxygen atoms in total. The second kappa shape index (κ2) is 12.9. The van der Waals surface area contributed by atoms with Crippen LogP contribution >= 0.6 is 11.8 Å². The van der Waals surface area contributed by atoms with E-state index in [4.69, 9.17) is 0 Å². The summed E-state index contributed by atoms with van der Waals surface area (Å²) < 4.78 is 14.0. The third-order valence-corrected chi connectivity index (χ3v) is 6.30. The molecule has 0 aromatic heterocycles. The molecule has 34 heavy (non-hydrogen) atoms. The van der Waals surface area contributed by atoms with E-state index in [-0.39, 0.29) is 29.4 Å². The van der Waals surface area contributed by atoms with E-state index >= 15 is 0 Å². The number of carbonyl (C=O) groups is 2. The second-order valence-corrected chi connectivity index (χ2v) is 9.45. The van der Waals surface area contributed by atoms with Crippen LogP contribution in [0.1, 0.15) is 30.5 Å². The summed E-state index contributed by atoms with van der Waals surface area (Å²) in [5.74, 6) is -0.0605. The van der Waals surface area contributed by atoms with Crippen molar-refractivity contribution in [2.45, 2.75) is 44.6 Å². The highest BCUT2D eigenvalue weighted by atomic mass is 32.2. The molecular weight excluding hydrogens is 447 g/mol. The molecule has 0 bridgehead atoms. The van der Waals surface area contributed by atoms with Gasteiger partial charge in [0.25, 0.3) is 0 Å². The molecule has 3 aromatic rings. The van der Waals surface area contributed by atoms with Crippen molar-refractivity contribution in [1.29, 1.82) is 0 Å². The Morgan fingerprint density at radius 3 is 2.09 bits per heavy atom. The van der Waals surface area contributed by atoms with Gasteiger partial charge in [-0.25, -0.2) is 4.39 Å². The summed E-state index contributed by atoms with van der Waals surface area (Å²) in [7, 11) is 0. The molecule has 178 valence electrons. The molecule has 6 heteroatoms. The quantitative estimate of drug-likeness (QED) is 0.411. The zero-order valence-corrected chi connectivity index (χ0v) is 20.4. The molecule has 3 rings (SSSR count). The van der Waals surface area contributed by atoms with Crippen molar-refractivity contribution in [3.05, 3.63) is 107 Å². The van der Waals surface area contributed by atoms with Gasteiger partial charge in [0.2, 0.25) is 11.8 Å². The Bertz CT molecular complexity index is 1060. The first-order valence-corrected chi connectivity index (χ1v) is 12.6. The first-order chi connectivity index (χ1) is 16.4. The van der Waals surface area contributed by atoms with Crippen molar-refractivity contribution in [3.8, 4) is 0 Å². The Labute approximate surface area is 205 Å². The summed E-state index contributed by atoms with van der Waals surface area (Å²) in [4.78, 5) is 28.4. The fourth-order valence-electron chi connectivity index (χ4n) is 3.66. The number of halogens is 1. The van der Waals surface area contributed by atoms with Crippen molar-refractivity contribution in [3.63, 3.8) is 0 Å². The lowest BCUT2D eigenvalue weighted by Crippen LogP contribution is -2.52. The molecule has 1 N–H and O–H groups in total. The van der Waals surface area contributed by atoms with Crippen molar-refractivity contribution in [1.82, 2.24) is 10.2 Å². The van der Waals surface area contributed by atoms with Gasteiger partial charge in [-0.1, -0.05) is 78.9 Å². The maximum atomic E-state index is 14.0. The molecule has 0 heterocycles. The van der Waals surface area contributed by atoms with Crippen LogP contribution in [0, 0.1) is 5.82 Å². The van der Waals surface area contributed by atoms with E-state index in [0.717, 1.165) is 11.1 Å². The molecule has 0 fully saturated rings. The third kappa shape index (κ3) is 7.73. The normalized spacial score (nSPS) is 11.8. The molecule has 0 aliphatic carbocycles. The largest absolute Gasteiger partial charge is 0.352 e. The van der Waals surface area contributed by atoms with Gasteiger partial charge < -0.3 is 10.2 Å². The van der Waals surface area contributed by atoms with Crippen LogP contribution < -0.4 is 5.32 Å². The molecule has 0 saturated heterocycles. The van der Waals surface area contributed by atoms with Crippen LogP contribution in [0.2, 0.25) is 0 Å². The van der Waals surface area contributed by atoms with Crippen molar-refractivity contribution in [2.75, 3.05) is 5.75 Å². The van der Waals surface area contributed by atoms with Gasteiger partial charge in [-0.2, -0.15) is 0 Å². The third-order valence-electron chi connectivity index (χ3n) is 5.34. The second-order valence-electron chi connectivity index (χ2n) is 8.46. The number of carbonyl (C=O) groups excluding carboxylic acids is 2. The Kier molecular flexibility index (Phi) is 9.71. The highest BCUT2D eigenvalue weighted by molar-refractivity contribution is 7.99. The topological polar surface area (TPSA) is 49.4 Å². The van der Waals surface area contributed by atoms with Crippen LogP contribution in [0.5, 0.6) is 0 Å². The first-order valence-electron chi connectivity index (χ1n) is 11.4. The van der Waals surface area contributed by atoms with Gasteiger partial charge in [0.05, 0.1) is 5.75 Å². The van der Waals surface area contributed by atoms with E-state index in [1.54, 1.807) is 23.1 Å². The molecular formula is C28H31FN2O2S. The number of nitrogens with zero attached hydrogens (tertiary/aromatic N) is 1. The maximum Gasteiger partial charge on any atom is 0.243 e.